The van der Waals surface area contributed by atoms with Crippen LogP contribution in [0.2, 0.25) is 0 Å². The summed E-state index contributed by atoms with van der Waals surface area (Å²) in [6, 6.07) is 9.34. The molecule has 16 heavy (non-hydrogen) atoms. The number of halogens is 2. The van der Waals surface area contributed by atoms with Gasteiger partial charge in [-0.1, -0.05) is 18.2 Å². The Labute approximate surface area is 93.5 Å². The fraction of sp³-hybridized carbons (Fsp3) is 0.143. The lowest BCUT2D eigenvalue weighted by Crippen LogP contribution is -1.88. The van der Waals surface area contributed by atoms with Crippen LogP contribution in [-0.2, 0) is 0 Å². The highest BCUT2D eigenvalue weighted by Gasteiger charge is 2.06. The van der Waals surface area contributed by atoms with Crippen molar-refractivity contribution in [3.8, 4) is 11.1 Å². The van der Waals surface area contributed by atoms with Gasteiger partial charge in [0, 0.05) is 11.6 Å². The molecule has 0 aliphatic carbocycles. The molecule has 0 fully saturated rings. The van der Waals surface area contributed by atoms with E-state index >= 15 is 0 Å². The van der Waals surface area contributed by atoms with E-state index in [-0.39, 0.29) is 0 Å². The predicted molar refractivity (Wildman–Crippen MR) is 61.3 cm³/mol. The van der Waals surface area contributed by atoms with Crippen LogP contribution in [0.3, 0.4) is 0 Å². The van der Waals surface area contributed by atoms with Gasteiger partial charge >= 0.3 is 0 Å². The quantitative estimate of drug-likeness (QED) is 0.671. The smallest absolute Gasteiger partial charge is 0.133 e. The molecule has 0 aliphatic rings. The Hall–Kier alpha value is -1.70. The molecule has 0 heterocycles. The van der Waals surface area contributed by atoms with Gasteiger partial charge in [-0.05, 0) is 42.7 Å². The second-order valence-corrected chi connectivity index (χ2v) is 3.92. The van der Waals surface area contributed by atoms with Gasteiger partial charge in [0.1, 0.15) is 11.6 Å². The summed E-state index contributed by atoms with van der Waals surface area (Å²) in [7, 11) is 0. The predicted octanol–water partition coefficient (Wildman–Crippen LogP) is 4.25. The van der Waals surface area contributed by atoms with Crippen molar-refractivity contribution in [3.05, 3.63) is 59.2 Å². The van der Waals surface area contributed by atoms with Gasteiger partial charge in [-0.25, -0.2) is 8.78 Å². The summed E-state index contributed by atoms with van der Waals surface area (Å²) in [4.78, 5) is 0. The summed E-state index contributed by atoms with van der Waals surface area (Å²) in [5.74, 6) is -1.08. The van der Waals surface area contributed by atoms with E-state index in [1.54, 1.807) is 0 Å². The number of hydrogen-bond acceptors (Lipinski definition) is 0. The minimum Gasteiger partial charge on any atom is -0.207 e. The first-order valence-corrected chi connectivity index (χ1v) is 5.10. The van der Waals surface area contributed by atoms with Crippen molar-refractivity contribution in [2.75, 3.05) is 0 Å². The third-order valence-electron chi connectivity index (χ3n) is 2.75. The Kier molecular flexibility index (Phi) is 2.73. The summed E-state index contributed by atoms with van der Waals surface area (Å²) in [6.07, 6.45) is 0. The lowest BCUT2D eigenvalue weighted by atomic mass is 10.0. The zero-order valence-electron chi connectivity index (χ0n) is 9.22. The standard InChI is InChI=1S/C14H12F2/c1-9-3-4-11(7-10(9)2)13-6-5-12(15)8-14(13)16/h3-8H,1-2H3. The highest BCUT2D eigenvalue weighted by Crippen LogP contribution is 2.25. The molecular weight excluding hydrogens is 206 g/mol. The maximum absolute atomic E-state index is 13.5. The third kappa shape index (κ3) is 1.96. The Morgan fingerprint density at radius 2 is 1.56 bits per heavy atom. The molecule has 0 nitrogen and oxygen atoms in total. The van der Waals surface area contributed by atoms with E-state index in [1.807, 2.05) is 32.0 Å². The first-order valence-electron chi connectivity index (χ1n) is 5.10. The second kappa shape index (κ2) is 4.05. The number of benzene rings is 2. The first-order chi connectivity index (χ1) is 7.58. The van der Waals surface area contributed by atoms with Crippen LogP contribution in [0, 0.1) is 25.5 Å². The molecule has 2 aromatic rings. The van der Waals surface area contributed by atoms with Crippen molar-refractivity contribution in [2.24, 2.45) is 0 Å². The highest BCUT2D eigenvalue weighted by molar-refractivity contribution is 5.65. The van der Waals surface area contributed by atoms with Crippen LogP contribution < -0.4 is 0 Å². The molecule has 2 aromatic carbocycles. The van der Waals surface area contributed by atoms with Gasteiger partial charge in [-0.3, -0.25) is 0 Å². The molecule has 0 saturated heterocycles. The Morgan fingerprint density at radius 3 is 2.19 bits per heavy atom. The van der Waals surface area contributed by atoms with E-state index in [1.165, 1.54) is 12.1 Å². The van der Waals surface area contributed by atoms with Crippen LogP contribution in [0.15, 0.2) is 36.4 Å². The lowest BCUT2D eigenvalue weighted by molar-refractivity contribution is 0.585. The molecule has 82 valence electrons. The van der Waals surface area contributed by atoms with Gasteiger partial charge in [-0.15, -0.1) is 0 Å². The summed E-state index contributed by atoms with van der Waals surface area (Å²) in [6.45, 7) is 3.97. The summed E-state index contributed by atoms with van der Waals surface area (Å²) < 4.78 is 26.3. The fourth-order valence-electron chi connectivity index (χ4n) is 1.63. The van der Waals surface area contributed by atoms with Crippen LogP contribution in [0.25, 0.3) is 11.1 Å². The zero-order chi connectivity index (χ0) is 11.7. The van der Waals surface area contributed by atoms with E-state index < -0.39 is 11.6 Å². The first kappa shape index (κ1) is 10.8. The minimum absolute atomic E-state index is 0.435. The molecule has 2 rings (SSSR count). The van der Waals surface area contributed by atoms with Crippen LogP contribution in [0.5, 0.6) is 0 Å². The molecule has 0 radical (unpaired) electrons. The minimum atomic E-state index is -0.551. The van der Waals surface area contributed by atoms with Gasteiger partial charge in [-0.2, -0.15) is 0 Å². The average molecular weight is 218 g/mol. The van der Waals surface area contributed by atoms with Crippen molar-refractivity contribution in [1.82, 2.24) is 0 Å². The number of hydrogen-bond donors (Lipinski definition) is 0. The molecule has 0 N–H and O–H groups in total. The molecule has 0 spiro atoms. The Morgan fingerprint density at radius 1 is 0.812 bits per heavy atom. The van der Waals surface area contributed by atoms with E-state index in [0.717, 1.165) is 22.8 Å². The zero-order valence-corrected chi connectivity index (χ0v) is 9.22. The van der Waals surface area contributed by atoms with Crippen molar-refractivity contribution in [3.63, 3.8) is 0 Å². The molecular formula is C14H12F2. The Bertz CT molecular complexity index is 530. The van der Waals surface area contributed by atoms with Crippen molar-refractivity contribution in [2.45, 2.75) is 13.8 Å². The van der Waals surface area contributed by atoms with Gasteiger partial charge < -0.3 is 0 Å². The van der Waals surface area contributed by atoms with Gasteiger partial charge in [0.05, 0.1) is 0 Å². The molecule has 0 unspecified atom stereocenters. The van der Waals surface area contributed by atoms with Crippen molar-refractivity contribution >= 4 is 0 Å². The van der Waals surface area contributed by atoms with E-state index in [2.05, 4.69) is 0 Å². The topological polar surface area (TPSA) is 0 Å². The molecule has 0 saturated carbocycles. The summed E-state index contributed by atoms with van der Waals surface area (Å²) >= 11 is 0. The summed E-state index contributed by atoms with van der Waals surface area (Å²) in [5, 5.41) is 0. The van der Waals surface area contributed by atoms with Crippen LogP contribution >= 0.6 is 0 Å². The molecule has 0 atom stereocenters. The van der Waals surface area contributed by atoms with Gasteiger partial charge in [0.15, 0.2) is 0 Å². The van der Waals surface area contributed by atoms with Crippen molar-refractivity contribution in [1.29, 1.82) is 0 Å². The van der Waals surface area contributed by atoms with E-state index in [0.29, 0.717) is 5.56 Å². The normalized spacial score (nSPS) is 10.5. The molecule has 0 amide bonds. The molecule has 0 aromatic heterocycles. The van der Waals surface area contributed by atoms with Gasteiger partial charge in [0.25, 0.3) is 0 Å². The molecule has 0 bridgehead atoms. The molecule has 2 heteroatoms. The molecule has 0 aliphatic heterocycles. The third-order valence-corrected chi connectivity index (χ3v) is 2.75. The van der Waals surface area contributed by atoms with Gasteiger partial charge in [0.2, 0.25) is 0 Å². The van der Waals surface area contributed by atoms with Crippen LogP contribution in [-0.4, -0.2) is 0 Å². The fourth-order valence-corrected chi connectivity index (χ4v) is 1.63. The maximum atomic E-state index is 13.5. The second-order valence-electron chi connectivity index (χ2n) is 3.92. The lowest BCUT2D eigenvalue weighted by Gasteiger charge is -2.06. The SMILES string of the molecule is Cc1ccc(-c2ccc(F)cc2F)cc1C. The largest absolute Gasteiger partial charge is 0.207 e. The van der Waals surface area contributed by atoms with Crippen molar-refractivity contribution < 1.29 is 8.78 Å². The van der Waals surface area contributed by atoms with Crippen LogP contribution in [0.4, 0.5) is 8.78 Å². The Balaban J connectivity index is 2.54. The average Bonchev–Trinajstić information content (AvgIpc) is 2.22. The summed E-state index contributed by atoms with van der Waals surface area (Å²) in [5.41, 5.74) is 3.47. The number of aryl methyl sites for hydroxylation is 2. The van der Waals surface area contributed by atoms with Crippen LogP contribution in [0.1, 0.15) is 11.1 Å². The monoisotopic (exact) mass is 218 g/mol. The maximum Gasteiger partial charge on any atom is 0.133 e. The number of rotatable bonds is 1. The van der Waals surface area contributed by atoms with E-state index in [9.17, 15) is 8.78 Å². The van der Waals surface area contributed by atoms with E-state index in [4.69, 9.17) is 0 Å². The highest BCUT2D eigenvalue weighted by atomic mass is 19.1.